The van der Waals surface area contributed by atoms with Crippen molar-refractivity contribution >= 4 is 67.9 Å². The number of hydrogen-bond acceptors (Lipinski definition) is 1. The fourth-order valence-corrected chi connectivity index (χ4v) is 4.57. The van der Waals surface area contributed by atoms with Gasteiger partial charge in [-0.25, -0.2) is 0 Å². The van der Waals surface area contributed by atoms with Crippen LogP contribution in [0.15, 0.2) is 34.8 Å². The average molecular weight is 474 g/mol. The third-order valence-corrected chi connectivity index (χ3v) is 6.30. The SMILES string of the molecule is CCc1c(-c2ccc(C=O)c(Cl)c2Cl)c2cccc(Br)c2n1CCCCl. The minimum Gasteiger partial charge on any atom is -0.343 e. The molecule has 0 aliphatic carbocycles. The smallest absolute Gasteiger partial charge is 0.151 e. The molecule has 0 radical (unpaired) electrons. The van der Waals surface area contributed by atoms with Gasteiger partial charge in [0.25, 0.3) is 0 Å². The van der Waals surface area contributed by atoms with Gasteiger partial charge in [0, 0.05) is 44.7 Å². The number of rotatable bonds is 6. The first kappa shape index (κ1) is 19.8. The van der Waals surface area contributed by atoms with Crippen LogP contribution < -0.4 is 0 Å². The van der Waals surface area contributed by atoms with Crippen LogP contribution in [0.3, 0.4) is 0 Å². The summed E-state index contributed by atoms with van der Waals surface area (Å²) in [6.07, 6.45) is 2.43. The molecule has 0 N–H and O–H groups in total. The van der Waals surface area contributed by atoms with Crippen LogP contribution in [0, 0.1) is 0 Å². The molecule has 0 saturated heterocycles. The Morgan fingerprint density at radius 3 is 2.58 bits per heavy atom. The summed E-state index contributed by atoms with van der Waals surface area (Å²) in [6.45, 7) is 2.95. The number of carbonyl (C=O) groups is 1. The highest BCUT2D eigenvalue weighted by Crippen LogP contribution is 2.43. The number of aryl methyl sites for hydroxylation is 1. The van der Waals surface area contributed by atoms with Crippen molar-refractivity contribution in [3.63, 3.8) is 0 Å². The van der Waals surface area contributed by atoms with Crippen molar-refractivity contribution in [2.24, 2.45) is 0 Å². The van der Waals surface area contributed by atoms with E-state index in [1.54, 1.807) is 6.07 Å². The van der Waals surface area contributed by atoms with E-state index < -0.39 is 0 Å². The Bertz CT molecular complexity index is 981. The zero-order valence-corrected chi connectivity index (χ0v) is 18.0. The van der Waals surface area contributed by atoms with Gasteiger partial charge in [-0.15, -0.1) is 11.6 Å². The second kappa shape index (κ2) is 8.35. The number of hydrogen-bond donors (Lipinski definition) is 0. The van der Waals surface area contributed by atoms with Crippen LogP contribution in [0.1, 0.15) is 29.4 Å². The summed E-state index contributed by atoms with van der Waals surface area (Å²) in [5, 5.41) is 1.79. The van der Waals surface area contributed by atoms with Crippen LogP contribution in [0.25, 0.3) is 22.0 Å². The number of halogens is 4. The van der Waals surface area contributed by atoms with E-state index in [2.05, 4.69) is 33.5 Å². The van der Waals surface area contributed by atoms with Gasteiger partial charge in [-0.3, -0.25) is 4.79 Å². The number of benzene rings is 2. The summed E-state index contributed by atoms with van der Waals surface area (Å²) in [5.74, 6) is 0.600. The lowest BCUT2D eigenvalue weighted by molar-refractivity contribution is 0.112. The van der Waals surface area contributed by atoms with Crippen LogP contribution in [-0.2, 0) is 13.0 Å². The van der Waals surface area contributed by atoms with Crippen molar-refractivity contribution in [3.05, 3.63) is 56.1 Å². The van der Waals surface area contributed by atoms with E-state index in [0.717, 1.165) is 52.2 Å². The highest BCUT2D eigenvalue weighted by Gasteiger charge is 2.22. The van der Waals surface area contributed by atoms with Crippen LogP contribution in [0.5, 0.6) is 0 Å². The summed E-state index contributed by atoms with van der Waals surface area (Å²) < 4.78 is 3.33. The Morgan fingerprint density at radius 2 is 1.92 bits per heavy atom. The monoisotopic (exact) mass is 471 g/mol. The van der Waals surface area contributed by atoms with E-state index in [4.69, 9.17) is 34.8 Å². The summed E-state index contributed by atoms with van der Waals surface area (Å²) in [4.78, 5) is 11.2. The molecule has 0 amide bonds. The number of nitrogens with zero attached hydrogens (tertiary/aromatic N) is 1. The minimum atomic E-state index is 0.290. The van der Waals surface area contributed by atoms with Gasteiger partial charge in [-0.2, -0.15) is 0 Å². The fourth-order valence-electron chi connectivity index (χ4n) is 3.40. The quantitative estimate of drug-likeness (QED) is 0.270. The molecule has 3 aromatic rings. The van der Waals surface area contributed by atoms with Crippen molar-refractivity contribution < 1.29 is 4.79 Å². The van der Waals surface area contributed by atoms with Gasteiger partial charge in [0.05, 0.1) is 15.6 Å². The summed E-state index contributed by atoms with van der Waals surface area (Å²) in [7, 11) is 0. The molecule has 6 heteroatoms. The first-order valence-electron chi connectivity index (χ1n) is 8.34. The molecule has 0 spiro atoms. The van der Waals surface area contributed by atoms with E-state index >= 15 is 0 Å². The lowest BCUT2D eigenvalue weighted by Crippen LogP contribution is -2.04. The first-order valence-corrected chi connectivity index (χ1v) is 10.4. The van der Waals surface area contributed by atoms with Crippen LogP contribution >= 0.6 is 50.7 Å². The number of fused-ring (bicyclic) bond motifs is 1. The van der Waals surface area contributed by atoms with Gasteiger partial charge in [-0.05, 0) is 40.9 Å². The van der Waals surface area contributed by atoms with Crippen molar-refractivity contribution in [2.45, 2.75) is 26.3 Å². The Labute approximate surface area is 176 Å². The second-order valence-corrected chi connectivity index (χ2v) is 7.94. The molecule has 26 heavy (non-hydrogen) atoms. The van der Waals surface area contributed by atoms with Crippen molar-refractivity contribution in [1.82, 2.24) is 4.57 Å². The molecule has 1 aromatic heterocycles. The van der Waals surface area contributed by atoms with Crippen LogP contribution in [0.4, 0.5) is 0 Å². The van der Waals surface area contributed by atoms with Crippen LogP contribution in [0.2, 0.25) is 10.0 Å². The lowest BCUT2D eigenvalue weighted by Gasteiger charge is -2.12. The van der Waals surface area contributed by atoms with Gasteiger partial charge in [0.1, 0.15) is 0 Å². The van der Waals surface area contributed by atoms with Crippen molar-refractivity contribution in [2.75, 3.05) is 5.88 Å². The maximum absolute atomic E-state index is 11.2. The number of aldehydes is 1. The van der Waals surface area contributed by atoms with Gasteiger partial charge in [0.2, 0.25) is 0 Å². The van der Waals surface area contributed by atoms with Gasteiger partial charge >= 0.3 is 0 Å². The predicted molar refractivity (Wildman–Crippen MR) is 115 cm³/mol. The summed E-state index contributed by atoms with van der Waals surface area (Å²) in [6, 6.07) is 9.72. The predicted octanol–water partition coefficient (Wildman–Crippen LogP) is 7.38. The number of aromatic nitrogens is 1. The molecule has 0 saturated carbocycles. The number of carbonyl (C=O) groups excluding carboxylic acids is 1. The summed E-state index contributed by atoms with van der Waals surface area (Å²) >= 11 is 22.5. The van der Waals surface area contributed by atoms with E-state index in [-0.39, 0.29) is 5.02 Å². The average Bonchev–Trinajstić information content (AvgIpc) is 2.96. The third-order valence-electron chi connectivity index (χ3n) is 4.50. The largest absolute Gasteiger partial charge is 0.343 e. The highest BCUT2D eigenvalue weighted by atomic mass is 79.9. The zero-order valence-electron chi connectivity index (χ0n) is 14.2. The molecule has 0 bridgehead atoms. The molecule has 0 aliphatic heterocycles. The minimum absolute atomic E-state index is 0.290. The molecule has 0 unspecified atom stereocenters. The topological polar surface area (TPSA) is 22.0 Å². The molecule has 136 valence electrons. The van der Waals surface area contributed by atoms with E-state index in [1.165, 1.54) is 5.69 Å². The Balaban J connectivity index is 2.38. The molecule has 3 rings (SSSR count). The highest BCUT2D eigenvalue weighted by molar-refractivity contribution is 9.10. The Hall–Kier alpha value is -1.000. The van der Waals surface area contributed by atoms with E-state index in [1.807, 2.05) is 18.2 Å². The number of para-hydroxylation sites is 1. The van der Waals surface area contributed by atoms with Gasteiger partial charge in [0.15, 0.2) is 6.29 Å². The van der Waals surface area contributed by atoms with E-state index in [9.17, 15) is 4.79 Å². The zero-order chi connectivity index (χ0) is 18.8. The van der Waals surface area contributed by atoms with Gasteiger partial charge < -0.3 is 4.57 Å². The molecular weight excluding hydrogens is 456 g/mol. The maximum Gasteiger partial charge on any atom is 0.151 e. The molecule has 2 nitrogen and oxygen atoms in total. The lowest BCUT2D eigenvalue weighted by atomic mass is 9.99. The molecular formula is C20H17BrCl3NO. The standard InChI is InChI=1S/C20H17BrCl3NO/c1-2-16-17(13-8-7-12(11-26)18(23)19(13)24)14-5-3-6-15(21)20(14)25(16)10-4-9-22/h3,5-8,11H,2,4,9-10H2,1H3. The molecule has 1 heterocycles. The Morgan fingerprint density at radius 1 is 1.15 bits per heavy atom. The third kappa shape index (κ3) is 3.31. The van der Waals surface area contributed by atoms with Crippen molar-refractivity contribution in [1.29, 1.82) is 0 Å². The summed E-state index contributed by atoms with van der Waals surface area (Å²) in [5.41, 5.74) is 4.59. The Kier molecular flexibility index (Phi) is 6.34. The molecule has 0 atom stereocenters. The first-order chi connectivity index (χ1) is 12.5. The van der Waals surface area contributed by atoms with Crippen molar-refractivity contribution in [3.8, 4) is 11.1 Å². The van der Waals surface area contributed by atoms with Crippen LogP contribution in [-0.4, -0.2) is 16.7 Å². The second-order valence-electron chi connectivity index (χ2n) is 5.95. The molecule has 2 aromatic carbocycles. The molecule has 0 aliphatic rings. The van der Waals surface area contributed by atoms with E-state index in [0.29, 0.717) is 16.5 Å². The molecule has 0 fully saturated rings. The van der Waals surface area contributed by atoms with Gasteiger partial charge in [-0.1, -0.05) is 48.3 Å². The fraction of sp³-hybridized carbons (Fsp3) is 0.250. The number of alkyl halides is 1. The normalized spacial score (nSPS) is 11.3. The maximum atomic E-state index is 11.2.